The molecular weight excluding hydrogens is 514 g/mol. The second kappa shape index (κ2) is 11.0. The minimum atomic E-state index is -2.10. The summed E-state index contributed by atoms with van der Waals surface area (Å²) in [6.45, 7) is 0.332. The summed E-state index contributed by atoms with van der Waals surface area (Å²) >= 11 is 0. The summed E-state index contributed by atoms with van der Waals surface area (Å²) < 4.78 is 23.3. The van der Waals surface area contributed by atoms with Gasteiger partial charge in [-0.3, -0.25) is 4.79 Å². The number of ether oxygens (including phenoxy) is 4. The molecule has 0 radical (unpaired) electrons. The molecule has 0 bridgehead atoms. The number of fused-ring (bicyclic) bond motifs is 3. The molecule has 1 heterocycles. The van der Waals surface area contributed by atoms with E-state index in [0.717, 1.165) is 0 Å². The molecule has 3 aromatic rings. The van der Waals surface area contributed by atoms with Gasteiger partial charge in [-0.15, -0.1) is 0 Å². The number of hydrogen-bond donors (Lipinski definition) is 4. The highest BCUT2D eigenvalue weighted by molar-refractivity contribution is 5.83. The van der Waals surface area contributed by atoms with Crippen molar-refractivity contribution in [3.05, 3.63) is 83.4 Å². The molecule has 2 aliphatic rings. The van der Waals surface area contributed by atoms with Crippen molar-refractivity contribution in [3.8, 4) is 23.0 Å². The normalized spacial score (nSPS) is 26.4. The number of nitrogens with one attached hydrogen (secondary N) is 1. The number of aliphatic hydroxyl groups is 3. The van der Waals surface area contributed by atoms with E-state index in [1.54, 1.807) is 43.5 Å². The van der Waals surface area contributed by atoms with E-state index in [4.69, 9.17) is 24.1 Å². The van der Waals surface area contributed by atoms with Crippen LogP contribution in [0.15, 0.2) is 66.7 Å². The Kier molecular flexibility index (Phi) is 7.63. The first-order valence-corrected chi connectivity index (χ1v) is 13.3. The van der Waals surface area contributed by atoms with Gasteiger partial charge in [-0.2, -0.15) is 0 Å². The molecule has 0 saturated heterocycles. The highest BCUT2D eigenvalue weighted by atomic mass is 16.5. The van der Waals surface area contributed by atoms with Gasteiger partial charge in [-0.1, -0.05) is 42.5 Å². The summed E-state index contributed by atoms with van der Waals surface area (Å²) in [5.41, 5.74) is -2.22. The Morgan fingerprint density at radius 1 is 0.950 bits per heavy atom. The summed E-state index contributed by atoms with van der Waals surface area (Å²) in [5, 5.41) is 37.0. The van der Waals surface area contributed by atoms with Crippen LogP contribution < -0.4 is 24.3 Å². The van der Waals surface area contributed by atoms with Crippen LogP contribution in [0.2, 0.25) is 0 Å². The zero-order valence-electron chi connectivity index (χ0n) is 22.8. The van der Waals surface area contributed by atoms with Crippen molar-refractivity contribution >= 4 is 5.91 Å². The van der Waals surface area contributed by atoms with Gasteiger partial charge in [0.1, 0.15) is 29.1 Å². The molecule has 1 saturated carbocycles. The van der Waals surface area contributed by atoms with E-state index in [-0.39, 0.29) is 23.7 Å². The second-order valence-electron chi connectivity index (χ2n) is 10.1. The lowest BCUT2D eigenvalue weighted by Crippen LogP contribution is -2.52. The highest BCUT2D eigenvalue weighted by Gasteiger charge is 2.78. The Hall–Kier alpha value is -3.79. The first kappa shape index (κ1) is 27.8. The summed E-state index contributed by atoms with van der Waals surface area (Å²) in [7, 11) is 4.54. The lowest BCUT2D eigenvalue weighted by Gasteiger charge is -2.40. The SMILES string of the molecule is COc1ccc([C@@]23Oc4cc(OC)cc(OC)c4[C@]2(O)C(O)C(C(=O)NCCCCO)[C@H]3c2ccccc2)cc1. The molecule has 0 spiro atoms. The molecule has 1 fully saturated rings. The van der Waals surface area contributed by atoms with Crippen LogP contribution in [0.1, 0.15) is 35.4 Å². The van der Waals surface area contributed by atoms with Gasteiger partial charge in [0, 0.05) is 31.2 Å². The van der Waals surface area contributed by atoms with Crippen molar-refractivity contribution in [2.45, 2.75) is 36.1 Å². The molecule has 5 rings (SSSR count). The molecule has 0 aromatic heterocycles. The lowest BCUT2D eigenvalue weighted by atomic mass is 9.70. The Labute approximate surface area is 233 Å². The van der Waals surface area contributed by atoms with Gasteiger partial charge < -0.3 is 39.6 Å². The van der Waals surface area contributed by atoms with Crippen LogP contribution >= 0.6 is 0 Å². The zero-order valence-corrected chi connectivity index (χ0v) is 22.8. The molecule has 2 unspecified atom stereocenters. The number of methoxy groups -OCH3 is 3. The van der Waals surface area contributed by atoms with Crippen LogP contribution in [0.25, 0.3) is 0 Å². The van der Waals surface area contributed by atoms with Gasteiger partial charge in [-0.05, 0) is 36.1 Å². The quantitative estimate of drug-likeness (QED) is 0.285. The van der Waals surface area contributed by atoms with Crippen LogP contribution in [-0.4, -0.2) is 61.8 Å². The van der Waals surface area contributed by atoms with E-state index >= 15 is 0 Å². The summed E-state index contributed by atoms with van der Waals surface area (Å²) in [6, 6.07) is 19.6. The average Bonchev–Trinajstić information content (AvgIpc) is 3.37. The number of carbonyl (C=O) groups is 1. The average molecular weight is 550 g/mol. The zero-order chi connectivity index (χ0) is 28.5. The Morgan fingerprint density at radius 2 is 1.65 bits per heavy atom. The third-order valence-electron chi connectivity index (χ3n) is 8.14. The van der Waals surface area contributed by atoms with Crippen LogP contribution in [0.3, 0.4) is 0 Å². The number of benzene rings is 3. The Balaban J connectivity index is 1.77. The lowest BCUT2D eigenvalue weighted by molar-refractivity contribution is -0.154. The molecule has 4 N–H and O–H groups in total. The van der Waals surface area contributed by atoms with Gasteiger partial charge in [0.2, 0.25) is 5.91 Å². The number of rotatable bonds is 10. The molecule has 5 atom stereocenters. The third-order valence-corrected chi connectivity index (χ3v) is 8.14. The monoisotopic (exact) mass is 549 g/mol. The largest absolute Gasteiger partial charge is 0.497 e. The number of aliphatic hydroxyl groups excluding tert-OH is 2. The maximum Gasteiger partial charge on any atom is 0.226 e. The van der Waals surface area contributed by atoms with E-state index < -0.39 is 35.0 Å². The second-order valence-corrected chi connectivity index (χ2v) is 10.1. The van der Waals surface area contributed by atoms with Gasteiger partial charge in [0.05, 0.1) is 32.8 Å². The number of hydrogen-bond acceptors (Lipinski definition) is 8. The van der Waals surface area contributed by atoms with E-state index in [0.29, 0.717) is 42.0 Å². The van der Waals surface area contributed by atoms with Crippen LogP contribution in [0.4, 0.5) is 0 Å². The first-order valence-electron chi connectivity index (χ1n) is 13.3. The van der Waals surface area contributed by atoms with E-state index in [9.17, 15) is 15.0 Å². The number of carbonyl (C=O) groups excluding carboxylic acids is 1. The fourth-order valence-corrected chi connectivity index (χ4v) is 6.36. The summed E-state index contributed by atoms with van der Waals surface area (Å²) in [4.78, 5) is 13.8. The Morgan fingerprint density at radius 3 is 2.27 bits per heavy atom. The van der Waals surface area contributed by atoms with Crippen molar-refractivity contribution in [1.82, 2.24) is 5.32 Å². The predicted molar refractivity (Wildman–Crippen MR) is 147 cm³/mol. The maximum atomic E-state index is 13.8. The molecular formula is C31H35NO8. The smallest absolute Gasteiger partial charge is 0.226 e. The maximum absolute atomic E-state index is 13.8. The van der Waals surface area contributed by atoms with Crippen molar-refractivity contribution < 1.29 is 39.1 Å². The topological polar surface area (TPSA) is 127 Å². The van der Waals surface area contributed by atoms with Crippen molar-refractivity contribution in [2.75, 3.05) is 34.5 Å². The first-order chi connectivity index (χ1) is 19.4. The van der Waals surface area contributed by atoms with Crippen molar-refractivity contribution in [2.24, 2.45) is 5.92 Å². The molecule has 1 aliphatic carbocycles. The predicted octanol–water partition coefficient (Wildman–Crippen LogP) is 2.85. The Bertz CT molecular complexity index is 1350. The van der Waals surface area contributed by atoms with E-state index in [1.807, 2.05) is 30.3 Å². The number of amides is 1. The van der Waals surface area contributed by atoms with E-state index in [1.165, 1.54) is 14.2 Å². The van der Waals surface area contributed by atoms with Crippen molar-refractivity contribution in [3.63, 3.8) is 0 Å². The summed E-state index contributed by atoms with van der Waals surface area (Å²) in [6.07, 6.45) is -0.478. The van der Waals surface area contributed by atoms with Gasteiger partial charge >= 0.3 is 0 Å². The van der Waals surface area contributed by atoms with Gasteiger partial charge in [0.25, 0.3) is 0 Å². The fraction of sp³-hybridized carbons (Fsp3) is 0.387. The van der Waals surface area contributed by atoms with E-state index in [2.05, 4.69) is 5.32 Å². The molecule has 1 aliphatic heterocycles. The van der Waals surface area contributed by atoms with Crippen molar-refractivity contribution in [1.29, 1.82) is 0 Å². The van der Waals surface area contributed by atoms with Crippen LogP contribution in [0.5, 0.6) is 23.0 Å². The molecule has 9 nitrogen and oxygen atoms in total. The van der Waals surface area contributed by atoms with Gasteiger partial charge in [0.15, 0.2) is 11.2 Å². The van der Waals surface area contributed by atoms with Gasteiger partial charge in [-0.25, -0.2) is 0 Å². The highest BCUT2D eigenvalue weighted by Crippen LogP contribution is 2.70. The van der Waals surface area contributed by atoms with Crippen LogP contribution in [-0.2, 0) is 16.0 Å². The fourth-order valence-electron chi connectivity index (χ4n) is 6.36. The standard InChI is InChI=1S/C31H35NO8/c1-37-21-13-11-20(12-14-21)31-26(19-9-5-4-6-10-19)25(29(35)32-15-7-8-16-33)28(34)30(31,36)27-23(39-3)17-22(38-2)18-24(27)40-31/h4-6,9-14,17-18,25-26,28,33-34,36H,7-8,15-16H2,1-3H3,(H,32,35)/t25?,26-,28?,30+,31+/m1/s1. The molecule has 3 aromatic carbocycles. The minimum absolute atomic E-state index is 0.0166. The molecule has 212 valence electrons. The molecule has 9 heteroatoms. The minimum Gasteiger partial charge on any atom is -0.497 e. The van der Waals surface area contributed by atoms with Crippen LogP contribution in [0, 0.1) is 5.92 Å². The summed E-state index contributed by atoms with van der Waals surface area (Å²) in [5.74, 6) is -0.725. The molecule has 1 amide bonds. The third kappa shape index (κ3) is 4.08. The number of unbranched alkanes of at least 4 members (excludes halogenated alkanes) is 1. The molecule has 40 heavy (non-hydrogen) atoms.